The summed E-state index contributed by atoms with van der Waals surface area (Å²) in [5, 5.41) is 25.1. The maximum absolute atomic E-state index is 12.0. The number of carboxylic acids is 1. The van der Waals surface area contributed by atoms with Crippen LogP contribution in [0.15, 0.2) is 24.3 Å². The molecule has 4 N–H and O–H groups in total. The van der Waals surface area contributed by atoms with Crippen molar-refractivity contribution in [2.24, 2.45) is 0 Å². The average Bonchev–Trinajstić information content (AvgIpc) is 3.07. The first kappa shape index (κ1) is 12.8. The standard InChI is InChI=1S/C12H10N6O3/c19-9(14-12-15-17-18-16-12)5-7-6-3-1-2-4-8(6)13-10(7)11(20)21/h1-4,13H,5H2,(H,20,21)(H2,14,15,16,17,18,19). The van der Waals surface area contributed by atoms with Crippen LogP contribution in [0.4, 0.5) is 5.95 Å². The van der Waals surface area contributed by atoms with E-state index in [9.17, 15) is 14.7 Å². The van der Waals surface area contributed by atoms with Crippen molar-refractivity contribution in [2.75, 3.05) is 5.32 Å². The fourth-order valence-corrected chi connectivity index (χ4v) is 2.11. The smallest absolute Gasteiger partial charge is 0.352 e. The van der Waals surface area contributed by atoms with Gasteiger partial charge in [0, 0.05) is 16.5 Å². The molecule has 0 fully saturated rings. The summed E-state index contributed by atoms with van der Waals surface area (Å²) in [4.78, 5) is 26.0. The first-order valence-electron chi connectivity index (χ1n) is 6.01. The Bertz CT molecular complexity index is 808. The van der Waals surface area contributed by atoms with Gasteiger partial charge in [0.2, 0.25) is 5.91 Å². The zero-order chi connectivity index (χ0) is 14.8. The van der Waals surface area contributed by atoms with Crippen molar-refractivity contribution in [2.45, 2.75) is 6.42 Å². The molecule has 0 aliphatic rings. The second-order valence-electron chi connectivity index (χ2n) is 4.29. The number of nitrogens with one attached hydrogen (secondary N) is 3. The zero-order valence-corrected chi connectivity index (χ0v) is 10.6. The van der Waals surface area contributed by atoms with Crippen LogP contribution in [0.1, 0.15) is 16.1 Å². The van der Waals surface area contributed by atoms with Gasteiger partial charge >= 0.3 is 5.97 Å². The van der Waals surface area contributed by atoms with Gasteiger partial charge in [-0.2, -0.15) is 5.21 Å². The summed E-state index contributed by atoms with van der Waals surface area (Å²) in [6, 6.07) is 7.08. The van der Waals surface area contributed by atoms with Gasteiger partial charge in [-0.3, -0.25) is 10.1 Å². The number of tetrazole rings is 1. The highest BCUT2D eigenvalue weighted by atomic mass is 16.4. The minimum Gasteiger partial charge on any atom is -0.477 e. The number of benzene rings is 1. The number of nitrogens with zero attached hydrogens (tertiary/aromatic N) is 3. The second kappa shape index (κ2) is 5.04. The van der Waals surface area contributed by atoms with E-state index in [-0.39, 0.29) is 18.1 Å². The Labute approximate surface area is 117 Å². The lowest BCUT2D eigenvalue weighted by Crippen LogP contribution is -2.17. The van der Waals surface area contributed by atoms with Crippen LogP contribution in [0.5, 0.6) is 0 Å². The molecule has 2 aromatic heterocycles. The molecule has 0 radical (unpaired) electrons. The number of hydrogen-bond donors (Lipinski definition) is 4. The molecule has 0 aliphatic heterocycles. The Balaban J connectivity index is 1.93. The van der Waals surface area contributed by atoms with E-state index >= 15 is 0 Å². The molecule has 3 aromatic rings. The number of carboxylic acid groups (broad SMARTS) is 1. The van der Waals surface area contributed by atoms with Gasteiger partial charge in [-0.1, -0.05) is 23.3 Å². The lowest BCUT2D eigenvalue weighted by molar-refractivity contribution is -0.115. The van der Waals surface area contributed by atoms with Crippen LogP contribution in [0.3, 0.4) is 0 Å². The number of aromatic carboxylic acids is 1. The SMILES string of the molecule is O=C(Cc1c(C(=O)O)[nH]c2ccccc12)Nc1nn[nH]n1. The van der Waals surface area contributed by atoms with Crippen LogP contribution in [0.2, 0.25) is 0 Å². The summed E-state index contributed by atoms with van der Waals surface area (Å²) < 4.78 is 0. The molecule has 0 atom stereocenters. The monoisotopic (exact) mass is 286 g/mol. The van der Waals surface area contributed by atoms with E-state index in [4.69, 9.17) is 0 Å². The number of aromatic amines is 2. The van der Waals surface area contributed by atoms with Crippen LogP contribution in [0, 0.1) is 0 Å². The normalized spacial score (nSPS) is 10.7. The van der Waals surface area contributed by atoms with Gasteiger partial charge < -0.3 is 10.1 Å². The van der Waals surface area contributed by atoms with Gasteiger partial charge in [0.25, 0.3) is 5.95 Å². The number of carbonyl (C=O) groups excluding carboxylic acids is 1. The fraction of sp³-hybridized carbons (Fsp3) is 0.0833. The maximum Gasteiger partial charge on any atom is 0.352 e. The van der Waals surface area contributed by atoms with Gasteiger partial charge in [-0.05, 0) is 11.3 Å². The maximum atomic E-state index is 12.0. The molecule has 2 heterocycles. The Morgan fingerprint density at radius 1 is 1.29 bits per heavy atom. The number of amides is 1. The van der Waals surface area contributed by atoms with Gasteiger partial charge in [-0.15, -0.1) is 5.10 Å². The molecule has 0 saturated heterocycles. The molecule has 0 spiro atoms. The third kappa shape index (κ3) is 2.43. The first-order chi connectivity index (χ1) is 10.1. The molecule has 0 saturated carbocycles. The molecule has 9 nitrogen and oxygen atoms in total. The highest BCUT2D eigenvalue weighted by Gasteiger charge is 2.19. The van der Waals surface area contributed by atoms with Crippen molar-refractivity contribution in [3.63, 3.8) is 0 Å². The molecular formula is C12H10N6O3. The fourth-order valence-electron chi connectivity index (χ4n) is 2.11. The van der Waals surface area contributed by atoms with E-state index in [0.29, 0.717) is 16.5 Å². The molecule has 21 heavy (non-hydrogen) atoms. The lowest BCUT2D eigenvalue weighted by atomic mass is 10.1. The van der Waals surface area contributed by atoms with Crippen LogP contribution < -0.4 is 5.32 Å². The van der Waals surface area contributed by atoms with Crippen molar-refractivity contribution < 1.29 is 14.7 Å². The minimum absolute atomic E-state index is 0.000498. The Hall–Kier alpha value is -3.23. The summed E-state index contributed by atoms with van der Waals surface area (Å²) in [6.45, 7) is 0. The second-order valence-corrected chi connectivity index (χ2v) is 4.29. The third-order valence-corrected chi connectivity index (χ3v) is 2.96. The number of anilines is 1. The number of carbonyl (C=O) groups is 2. The molecule has 0 aliphatic carbocycles. The first-order valence-corrected chi connectivity index (χ1v) is 6.01. The van der Waals surface area contributed by atoms with Gasteiger partial charge in [0.1, 0.15) is 5.69 Å². The third-order valence-electron chi connectivity index (χ3n) is 2.96. The number of fused-ring (bicyclic) bond motifs is 1. The van der Waals surface area contributed by atoms with Crippen molar-refractivity contribution in [1.82, 2.24) is 25.6 Å². The zero-order valence-electron chi connectivity index (χ0n) is 10.6. The van der Waals surface area contributed by atoms with E-state index in [2.05, 4.69) is 30.9 Å². The lowest BCUT2D eigenvalue weighted by Gasteiger charge is -2.01. The molecule has 1 amide bonds. The van der Waals surface area contributed by atoms with Crippen LogP contribution in [0.25, 0.3) is 10.9 Å². The predicted molar refractivity (Wildman–Crippen MR) is 71.8 cm³/mol. The predicted octanol–water partition coefficient (Wildman–Crippen LogP) is 0.560. The van der Waals surface area contributed by atoms with E-state index in [0.717, 1.165) is 0 Å². The molecular weight excluding hydrogens is 276 g/mol. The Kier molecular flexibility index (Phi) is 3.07. The van der Waals surface area contributed by atoms with Crippen molar-refractivity contribution in [3.8, 4) is 0 Å². The summed E-state index contributed by atoms with van der Waals surface area (Å²) >= 11 is 0. The Morgan fingerprint density at radius 2 is 2.10 bits per heavy atom. The number of rotatable bonds is 4. The topological polar surface area (TPSA) is 137 Å². The number of H-pyrrole nitrogens is 2. The summed E-state index contributed by atoms with van der Waals surface area (Å²) in [7, 11) is 0. The number of para-hydroxylation sites is 1. The molecule has 0 bridgehead atoms. The summed E-state index contributed by atoms with van der Waals surface area (Å²) in [5.41, 5.74) is 1.08. The van der Waals surface area contributed by atoms with Gasteiger partial charge in [0.15, 0.2) is 0 Å². The van der Waals surface area contributed by atoms with E-state index < -0.39 is 11.9 Å². The number of hydrogen-bond acceptors (Lipinski definition) is 5. The van der Waals surface area contributed by atoms with E-state index in [1.807, 2.05) is 0 Å². The van der Waals surface area contributed by atoms with Gasteiger partial charge in [-0.25, -0.2) is 4.79 Å². The van der Waals surface area contributed by atoms with Crippen molar-refractivity contribution >= 4 is 28.7 Å². The minimum atomic E-state index is -1.12. The Morgan fingerprint density at radius 3 is 2.81 bits per heavy atom. The summed E-state index contributed by atoms with van der Waals surface area (Å²) in [5.74, 6) is -1.51. The van der Waals surface area contributed by atoms with Crippen molar-refractivity contribution in [1.29, 1.82) is 0 Å². The van der Waals surface area contributed by atoms with Crippen LogP contribution >= 0.6 is 0 Å². The highest BCUT2D eigenvalue weighted by molar-refractivity contribution is 6.01. The average molecular weight is 286 g/mol. The van der Waals surface area contributed by atoms with Crippen molar-refractivity contribution in [3.05, 3.63) is 35.5 Å². The largest absolute Gasteiger partial charge is 0.477 e. The van der Waals surface area contributed by atoms with E-state index in [1.165, 1.54) is 0 Å². The molecule has 0 unspecified atom stereocenters. The summed E-state index contributed by atoms with van der Waals surface area (Å²) in [6.07, 6.45) is -0.111. The van der Waals surface area contributed by atoms with Crippen LogP contribution in [-0.2, 0) is 11.2 Å². The molecule has 3 rings (SSSR count). The molecule has 1 aromatic carbocycles. The molecule has 106 valence electrons. The highest BCUT2D eigenvalue weighted by Crippen LogP contribution is 2.23. The van der Waals surface area contributed by atoms with Gasteiger partial charge in [0.05, 0.1) is 6.42 Å². The number of aromatic nitrogens is 5. The van der Waals surface area contributed by atoms with Crippen LogP contribution in [-0.4, -0.2) is 42.6 Å². The molecule has 9 heteroatoms. The quantitative estimate of drug-likeness (QED) is 0.553. The van der Waals surface area contributed by atoms with E-state index in [1.54, 1.807) is 24.3 Å².